The summed E-state index contributed by atoms with van der Waals surface area (Å²) in [5.41, 5.74) is 0.0192. The van der Waals surface area contributed by atoms with Crippen molar-refractivity contribution < 1.29 is 8.78 Å². The third-order valence-corrected chi connectivity index (χ3v) is 3.92. The fourth-order valence-corrected chi connectivity index (χ4v) is 2.73. The fourth-order valence-electron chi connectivity index (χ4n) is 2.73. The smallest absolute Gasteiger partial charge is 0.207 e. The van der Waals surface area contributed by atoms with Gasteiger partial charge in [-0.1, -0.05) is 34.6 Å². The quantitative estimate of drug-likeness (QED) is 0.596. The van der Waals surface area contributed by atoms with Crippen molar-refractivity contribution in [2.45, 2.75) is 59.8 Å². The molecule has 0 aromatic heterocycles. The maximum atomic E-state index is 13.9. The maximum absolute atomic E-state index is 13.9. The van der Waals surface area contributed by atoms with Gasteiger partial charge in [0.25, 0.3) is 5.92 Å². The standard InChI is InChI=1S/C13H24F2/c1-9(2)11-7-6-10(12(3,4)5)8-13(11,14)15/h9-11H,6-8H2,1-5H3. The van der Waals surface area contributed by atoms with Crippen LogP contribution in [0.5, 0.6) is 0 Å². The molecule has 0 saturated heterocycles. The molecule has 0 bridgehead atoms. The Kier molecular flexibility index (Phi) is 3.47. The van der Waals surface area contributed by atoms with Gasteiger partial charge in [-0.3, -0.25) is 0 Å². The van der Waals surface area contributed by atoms with Gasteiger partial charge >= 0.3 is 0 Å². The van der Waals surface area contributed by atoms with Gasteiger partial charge in [0.15, 0.2) is 0 Å². The van der Waals surface area contributed by atoms with E-state index in [0.717, 1.165) is 6.42 Å². The van der Waals surface area contributed by atoms with Crippen LogP contribution in [-0.4, -0.2) is 5.92 Å². The van der Waals surface area contributed by atoms with Crippen LogP contribution in [0.1, 0.15) is 53.9 Å². The number of alkyl halides is 2. The molecule has 1 aliphatic rings. The van der Waals surface area contributed by atoms with E-state index >= 15 is 0 Å². The molecule has 0 aromatic rings. The maximum Gasteiger partial charge on any atom is 0.251 e. The molecular formula is C13H24F2. The molecule has 0 amide bonds. The Morgan fingerprint density at radius 1 is 1.13 bits per heavy atom. The lowest BCUT2D eigenvalue weighted by Gasteiger charge is -2.43. The molecular weight excluding hydrogens is 194 g/mol. The minimum Gasteiger partial charge on any atom is -0.207 e. The summed E-state index contributed by atoms with van der Waals surface area (Å²) in [6.45, 7) is 10.0. The molecule has 1 saturated carbocycles. The van der Waals surface area contributed by atoms with Crippen LogP contribution < -0.4 is 0 Å². The molecule has 0 nitrogen and oxygen atoms in total. The fraction of sp³-hybridized carbons (Fsp3) is 1.00. The highest BCUT2D eigenvalue weighted by Gasteiger charge is 2.48. The van der Waals surface area contributed by atoms with Crippen molar-refractivity contribution in [3.63, 3.8) is 0 Å². The second-order valence-electron chi connectivity index (χ2n) is 6.46. The SMILES string of the molecule is CC(C)C1CCC(C(C)(C)C)CC1(F)F. The van der Waals surface area contributed by atoms with Gasteiger partial charge in [-0.15, -0.1) is 0 Å². The van der Waals surface area contributed by atoms with Gasteiger partial charge in [-0.05, 0) is 30.1 Å². The third-order valence-electron chi connectivity index (χ3n) is 3.92. The normalized spacial score (nSPS) is 32.0. The van der Waals surface area contributed by atoms with E-state index in [9.17, 15) is 8.78 Å². The Morgan fingerprint density at radius 3 is 2.00 bits per heavy atom. The average molecular weight is 218 g/mol. The first-order valence-electron chi connectivity index (χ1n) is 6.02. The first kappa shape index (κ1) is 12.9. The minimum atomic E-state index is -2.45. The van der Waals surface area contributed by atoms with E-state index < -0.39 is 11.8 Å². The molecule has 2 heteroatoms. The summed E-state index contributed by atoms with van der Waals surface area (Å²) in [6.07, 6.45) is 1.73. The summed E-state index contributed by atoms with van der Waals surface area (Å²) in [5, 5.41) is 0. The van der Waals surface area contributed by atoms with Crippen LogP contribution in [-0.2, 0) is 0 Å². The van der Waals surface area contributed by atoms with Gasteiger partial charge in [-0.25, -0.2) is 8.78 Å². The van der Waals surface area contributed by atoms with Crippen LogP contribution >= 0.6 is 0 Å². The van der Waals surface area contributed by atoms with Crippen molar-refractivity contribution in [3.05, 3.63) is 0 Å². The van der Waals surface area contributed by atoms with Crippen LogP contribution in [0.3, 0.4) is 0 Å². The number of hydrogen-bond donors (Lipinski definition) is 0. The molecule has 0 aromatic carbocycles. The Bertz CT molecular complexity index is 213. The molecule has 90 valence electrons. The Hall–Kier alpha value is -0.140. The van der Waals surface area contributed by atoms with Crippen LogP contribution in [0.2, 0.25) is 0 Å². The predicted octanol–water partition coefficient (Wildman–Crippen LogP) is 4.74. The molecule has 2 atom stereocenters. The van der Waals surface area contributed by atoms with Crippen LogP contribution in [0, 0.1) is 23.2 Å². The molecule has 1 rings (SSSR count). The van der Waals surface area contributed by atoms with Crippen LogP contribution in [0.4, 0.5) is 8.78 Å². The van der Waals surface area contributed by atoms with E-state index in [1.165, 1.54) is 0 Å². The van der Waals surface area contributed by atoms with Crippen molar-refractivity contribution in [1.29, 1.82) is 0 Å². The van der Waals surface area contributed by atoms with Crippen molar-refractivity contribution in [3.8, 4) is 0 Å². The van der Waals surface area contributed by atoms with Crippen LogP contribution in [0.15, 0.2) is 0 Å². The van der Waals surface area contributed by atoms with Gasteiger partial charge in [0.2, 0.25) is 0 Å². The summed E-state index contributed by atoms with van der Waals surface area (Å²) in [5.74, 6) is -2.59. The van der Waals surface area contributed by atoms with Crippen molar-refractivity contribution in [2.24, 2.45) is 23.2 Å². The molecule has 0 spiro atoms. The number of halogens is 2. The van der Waals surface area contributed by atoms with Crippen molar-refractivity contribution in [2.75, 3.05) is 0 Å². The average Bonchev–Trinajstić information content (AvgIpc) is 1.99. The van der Waals surface area contributed by atoms with Crippen LogP contribution in [0.25, 0.3) is 0 Å². The zero-order valence-electron chi connectivity index (χ0n) is 10.6. The Morgan fingerprint density at radius 2 is 1.67 bits per heavy atom. The van der Waals surface area contributed by atoms with E-state index in [4.69, 9.17) is 0 Å². The zero-order valence-corrected chi connectivity index (χ0v) is 10.6. The van der Waals surface area contributed by atoms with Gasteiger partial charge in [0.1, 0.15) is 0 Å². The molecule has 15 heavy (non-hydrogen) atoms. The second-order valence-corrected chi connectivity index (χ2v) is 6.46. The van der Waals surface area contributed by atoms with E-state index in [1.807, 2.05) is 13.8 Å². The van der Waals surface area contributed by atoms with Gasteiger partial charge in [0, 0.05) is 12.3 Å². The molecule has 1 aliphatic carbocycles. The molecule has 2 unspecified atom stereocenters. The van der Waals surface area contributed by atoms with Gasteiger partial charge in [0.05, 0.1) is 0 Å². The van der Waals surface area contributed by atoms with Crippen molar-refractivity contribution in [1.82, 2.24) is 0 Å². The summed E-state index contributed by atoms with van der Waals surface area (Å²) in [7, 11) is 0. The lowest BCUT2D eigenvalue weighted by Crippen LogP contribution is -2.42. The zero-order chi connectivity index (χ0) is 11.9. The van der Waals surface area contributed by atoms with E-state index in [0.29, 0.717) is 6.42 Å². The second kappa shape index (κ2) is 4.03. The predicted molar refractivity (Wildman–Crippen MR) is 60.1 cm³/mol. The first-order valence-corrected chi connectivity index (χ1v) is 6.02. The Labute approximate surface area is 92.4 Å². The van der Waals surface area contributed by atoms with E-state index in [2.05, 4.69) is 20.8 Å². The molecule has 0 radical (unpaired) electrons. The molecule has 0 aliphatic heterocycles. The monoisotopic (exact) mass is 218 g/mol. The lowest BCUT2D eigenvalue weighted by atomic mass is 9.66. The topological polar surface area (TPSA) is 0 Å². The molecule has 0 N–H and O–H groups in total. The van der Waals surface area contributed by atoms with Crippen molar-refractivity contribution >= 4 is 0 Å². The summed E-state index contributed by atoms with van der Waals surface area (Å²) >= 11 is 0. The first-order chi connectivity index (χ1) is 6.64. The third kappa shape index (κ3) is 2.92. The van der Waals surface area contributed by atoms with Gasteiger partial charge in [-0.2, -0.15) is 0 Å². The summed E-state index contributed by atoms with van der Waals surface area (Å²) < 4.78 is 27.8. The number of hydrogen-bond acceptors (Lipinski definition) is 0. The minimum absolute atomic E-state index is 0.0192. The van der Waals surface area contributed by atoms with Gasteiger partial charge < -0.3 is 0 Å². The summed E-state index contributed by atoms with van der Waals surface area (Å²) in [4.78, 5) is 0. The lowest BCUT2D eigenvalue weighted by molar-refractivity contribution is -0.130. The molecule has 1 fully saturated rings. The Balaban J connectivity index is 2.73. The summed E-state index contributed by atoms with van der Waals surface area (Å²) in [6, 6.07) is 0. The highest BCUT2D eigenvalue weighted by molar-refractivity contribution is 4.91. The largest absolute Gasteiger partial charge is 0.251 e. The van der Waals surface area contributed by atoms with E-state index in [1.54, 1.807) is 0 Å². The molecule has 0 heterocycles. The number of rotatable bonds is 1. The highest BCUT2D eigenvalue weighted by Crippen LogP contribution is 2.49. The highest BCUT2D eigenvalue weighted by atomic mass is 19.3. The van der Waals surface area contributed by atoms with E-state index in [-0.39, 0.29) is 23.7 Å².